The van der Waals surface area contributed by atoms with E-state index < -0.39 is 11.6 Å². The van der Waals surface area contributed by atoms with E-state index >= 15 is 0 Å². The molecule has 4 rings (SSSR count). The second kappa shape index (κ2) is 8.91. The summed E-state index contributed by atoms with van der Waals surface area (Å²) in [7, 11) is 0. The van der Waals surface area contributed by atoms with Crippen LogP contribution in [0.5, 0.6) is 0 Å². The van der Waals surface area contributed by atoms with Gasteiger partial charge in [-0.3, -0.25) is 4.79 Å². The Morgan fingerprint density at radius 1 is 1.00 bits per heavy atom. The normalized spacial score (nSPS) is 17.4. The molecule has 160 valence electrons. The molecular formula is C21H25F2N5O2. The van der Waals surface area contributed by atoms with Crippen LogP contribution >= 0.6 is 0 Å². The average molecular weight is 417 g/mol. The van der Waals surface area contributed by atoms with E-state index in [2.05, 4.69) is 14.8 Å². The van der Waals surface area contributed by atoms with E-state index in [0.717, 1.165) is 30.7 Å². The first-order valence-electron chi connectivity index (χ1n) is 10.1. The first kappa shape index (κ1) is 20.5. The number of benzene rings is 1. The molecule has 2 aliphatic heterocycles. The minimum Gasteiger partial charge on any atom is -0.378 e. The molecule has 30 heavy (non-hydrogen) atoms. The van der Waals surface area contributed by atoms with Gasteiger partial charge in [0.05, 0.1) is 19.6 Å². The smallest absolute Gasteiger partial charge is 0.227 e. The molecule has 9 heteroatoms. The number of hydrogen-bond donors (Lipinski definition) is 0. The van der Waals surface area contributed by atoms with Gasteiger partial charge in [0.1, 0.15) is 17.5 Å². The standard InChI is InChI=1S/C21H25F2N5O2/c1-15-12-19(26-8-10-30-11-9-26)25-21(24-15)28-6-4-27(5-7-28)20(29)13-16-2-3-17(22)14-18(16)23/h2-3,12,14H,4-11,13H2,1H3. The highest BCUT2D eigenvalue weighted by atomic mass is 19.1. The fourth-order valence-corrected chi connectivity index (χ4v) is 3.73. The zero-order valence-corrected chi connectivity index (χ0v) is 17.0. The van der Waals surface area contributed by atoms with Crippen LogP contribution in [0.4, 0.5) is 20.5 Å². The van der Waals surface area contributed by atoms with E-state index in [4.69, 9.17) is 9.72 Å². The summed E-state index contributed by atoms with van der Waals surface area (Å²) >= 11 is 0. The van der Waals surface area contributed by atoms with Gasteiger partial charge < -0.3 is 19.4 Å². The summed E-state index contributed by atoms with van der Waals surface area (Å²) in [6.45, 7) is 7.15. The van der Waals surface area contributed by atoms with Gasteiger partial charge in [0.2, 0.25) is 11.9 Å². The number of halogens is 2. The van der Waals surface area contributed by atoms with Crippen molar-refractivity contribution in [3.63, 3.8) is 0 Å². The van der Waals surface area contributed by atoms with Gasteiger partial charge in [0.25, 0.3) is 0 Å². The molecule has 3 heterocycles. The number of rotatable bonds is 4. The van der Waals surface area contributed by atoms with Crippen LogP contribution in [0, 0.1) is 18.6 Å². The second-order valence-corrected chi connectivity index (χ2v) is 7.55. The van der Waals surface area contributed by atoms with Gasteiger partial charge in [-0.1, -0.05) is 6.07 Å². The summed E-state index contributed by atoms with van der Waals surface area (Å²) in [6, 6.07) is 5.28. The van der Waals surface area contributed by atoms with Crippen molar-refractivity contribution in [1.82, 2.24) is 14.9 Å². The SMILES string of the molecule is Cc1cc(N2CCOCC2)nc(N2CCN(C(=O)Cc3ccc(F)cc3F)CC2)n1. The lowest BCUT2D eigenvalue weighted by Gasteiger charge is -2.35. The van der Waals surface area contributed by atoms with Crippen LogP contribution in [0.2, 0.25) is 0 Å². The Morgan fingerprint density at radius 2 is 1.73 bits per heavy atom. The largest absolute Gasteiger partial charge is 0.378 e. The van der Waals surface area contributed by atoms with Gasteiger partial charge in [-0.25, -0.2) is 13.8 Å². The second-order valence-electron chi connectivity index (χ2n) is 7.55. The van der Waals surface area contributed by atoms with Gasteiger partial charge in [0.15, 0.2) is 0 Å². The summed E-state index contributed by atoms with van der Waals surface area (Å²) in [4.78, 5) is 27.8. The maximum Gasteiger partial charge on any atom is 0.227 e. The Hall–Kier alpha value is -2.81. The fraction of sp³-hybridized carbons (Fsp3) is 0.476. The number of morpholine rings is 1. The molecular weight excluding hydrogens is 392 g/mol. The summed E-state index contributed by atoms with van der Waals surface area (Å²) in [5.41, 5.74) is 1.10. The molecule has 0 radical (unpaired) electrons. The third-order valence-electron chi connectivity index (χ3n) is 5.44. The average Bonchev–Trinajstić information content (AvgIpc) is 2.76. The lowest BCUT2D eigenvalue weighted by Crippen LogP contribution is -2.50. The predicted octanol–water partition coefficient (Wildman–Crippen LogP) is 1.79. The van der Waals surface area contributed by atoms with Crippen LogP contribution < -0.4 is 9.80 Å². The van der Waals surface area contributed by atoms with Crippen LogP contribution in [0.3, 0.4) is 0 Å². The molecule has 0 unspecified atom stereocenters. The van der Waals surface area contributed by atoms with E-state index in [1.807, 2.05) is 13.0 Å². The molecule has 1 aromatic heterocycles. The van der Waals surface area contributed by atoms with Gasteiger partial charge in [-0.2, -0.15) is 4.98 Å². The molecule has 1 amide bonds. The number of amides is 1. The van der Waals surface area contributed by atoms with Crippen molar-refractivity contribution in [2.75, 3.05) is 62.3 Å². The zero-order valence-electron chi connectivity index (χ0n) is 17.0. The van der Waals surface area contributed by atoms with E-state index in [1.165, 1.54) is 12.1 Å². The van der Waals surface area contributed by atoms with Crippen LogP contribution in [-0.2, 0) is 16.0 Å². The maximum absolute atomic E-state index is 13.8. The summed E-state index contributed by atoms with van der Waals surface area (Å²) in [5.74, 6) is 0.0521. The Morgan fingerprint density at radius 3 is 2.43 bits per heavy atom. The maximum atomic E-state index is 13.8. The number of aryl methyl sites for hydroxylation is 1. The molecule has 2 fully saturated rings. The van der Waals surface area contributed by atoms with Crippen molar-refractivity contribution in [2.24, 2.45) is 0 Å². The van der Waals surface area contributed by atoms with Crippen molar-refractivity contribution < 1.29 is 18.3 Å². The highest BCUT2D eigenvalue weighted by molar-refractivity contribution is 5.79. The molecule has 0 saturated carbocycles. The first-order chi connectivity index (χ1) is 14.5. The number of piperazine rings is 1. The zero-order chi connectivity index (χ0) is 21.1. The molecule has 1 aromatic carbocycles. The first-order valence-corrected chi connectivity index (χ1v) is 10.1. The Kier molecular flexibility index (Phi) is 6.08. The number of carbonyl (C=O) groups is 1. The van der Waals surface area contributed by atoms with Crippen molar-refractivity contribution in [3.8, 4) is 0 Å². The molecule has 0 atom stereocenters. The number of anilines is 2. The lowest BCUT2D eigenvalue weighted by atomic mass is 10.1. The molecule has 0 bridgehead atoms. The number of carbonyl (C=O) groups excluding carboxylic acids is 1. The number of nitrogens with zero attached hydrogens (tertiary/aromatic N) is 5. The van der Waals surface area contributed by atoms with Crippen molar-refractivity contribution in [2.45, 2.75) is 13.3 Å². The van der Waals surface area contributed by atoms with E-state index in [0.29, 0.717) is 45.3 Å². The highest BCUT2D eigenvalue weighted by Gasteiger charge is 2.24. The predicted molar refractivity (Wildman–Crippen MR) is 109 cm³/mol. The quantitative estimate of drug-likeness (QED) is 0.756. The molecule has 0 spiro atoms. The third kappa shape index (κ3) is 4.67. The summed E-state index contributed by atoms with van der Waals surface area (Å²) in [6.07, 6.45) is -0.0752. The van der Waals surface area contributed by atoms with E-state index in [9.17, 15) is 13.6 Å². The number of aromatic nitrogens is 2. The Labute approximate surface area is 174 Å². The van der Waals surface area contributed by atoms with Gasteiger partial charge in [0, 0.05) is 57.1 Å². The minimum atomic E-state index is -0.689. The molecule has 0 aliphatic carbocycles. The number of hydrogen-bond acceptors (Lipinski definition) is 6. The van der Waals surface area contributed by atoms with Crippen molar-refractivity contribution in [1.29, 1.82) is 0 Å². The highest BCUT2D eigenvalue weighted by Crippen LogP contribution is 2.20. The van der Waals surface area contributed by atoms with Crippen LogP contribution in [0.25, 0.3) is 0 Å². The monoisotopic (exact) mass is 417 g/mol. The molecule has 2 aliphatic rings. The summed E-state index contributed by atoms with van der Waals surface area (Å²) in [5, 5.41) is 0. The molecule has 7 nitrogen and oxygen atoms in total. The van der Waals surface area contributed by atoms with Crippen LogP contribution in [0.1, 0.15) is 11.3 Å². The van der Waals surface area contributed by atoms with Crippen LogP contribution in [0.15, 0.2) is 24.3 Å². The summed E-state index contributed by atoms with van der Waals surface area (Å²) < 4.78 is 32.3. The van der Waals surface area contributed by atoms with Crippen molar-refractivity contribution in [3.05, 3.63) is 47.2 Å². The molecule has 2 saturated heterocycles. The fourth-order valence-electron chi connectivity index (χ4n) is 3.73. The van der Waals surface area contributed by atoms with Gasteiger partial charge in [-0.15, -0.1) is 0 Å². The van der Waals surface area contributed by atoms with Gasteiger partial charge >= 0.3 is 0 Å². The molecule has 0 N–H and O–H groups in total. The topological polar surface area (TPSA) is 61.8 Å². The minimum absolute atomic E-state index is 0.0752. The Bertz CT molecular complexity index is 912. The van der Waals surface area contributed by atoms with E-state index in [-0.39, 0.29) is 17.9 Å². The number of ether oxygens (including phenoxy) is 1. The van der Waals surface area contributed by atoms with Crippen LogP contribution in [-0.4, -0.2) is 73.3 Å². The van der Waals surface area contributed by atoms with Crippen molar-refractivity contribution >= 4 is 17.7 Å². The lowest BCUT2D eigenvalue weighted by molar-refractivity contribution is -0.130. The molecule has 2 aromatic rings. The van der Waals surface area contributed by atoms with Gasteiger partial charge in [-0.05, 0) is 18.6 Å². The third-order valence-corrected chi connectivity index (χ3v) is 5.44. The Balaban J connectivity index is 1.38. The van der Waals surface area contributed by atoms with E-state index in [1.54, 1.807) is 4.90 Å².